The van der Waals surface area contributed by atoms with E-state index >= 15 is 0 Å². The van der Waals surface area contributed by atoms with Crippen LogP contribution in [0.2, 0.25) is 0 Å². The van der Waals surface area contributed by atoms with Gasteiger partial charge in [0.2, 0.25) is 0 Å². The summed E-state index contributed by atoms with van der Waals surface area (Å²) in [5.41, 5.74) is 5.48. The number of rotatable bonds is 7. The van der Waals surface area contributed by atoms with Crippen molar-refractivity contribution < 1.29 is 0 Å². The Labute approximate surface area is 232 Å². The van der Waals surface area contributed by atoms with Crippen LogP contribution in [0.15, 0.2) is 79.3 Å². The van der Waals surface area contributed by atoms with Crippen molar-refractivity contribution in [3.05, 3.63) is 84.8 Å². The number of anilines is 3. The number of hydrogen-bond donors (Lipinski definition) is 0. The molecule has 2 fully saturated rings. The highest BCUT2D eigenvalue weighted by Gasteiger charge is 2.30. The zero-order chi connectivity index (χ0) is 26.6. The maximum Gasteiger partial charge on any atom is 0.148 e. The number of aromatic nitrogens is 3. The summed E-state index contributed by atoms with van der Waals surface area (Å²) in [6.07, 6.45) is 10.5. The molecular weight excluding hydrogens is 482 g/mol. The summed E-state index contributed by atoms with van der Waals surface area (Å²) in [4.78, 5) is 23.9. The summed E-state index contributed by atoms with van der Waals surface area (Å²) < 4.78 is 0. The van der Waals surface area contributed by atoms with E-state index in [1.54, 1.807) is 0 Å². The molecule has 0 saturated carbocycles. The fourth-order valence-electron chi connectivity index (χ4n) is 6.14. The van der Waals surface area contributed by atoms with Gasteiger partial charge in [-0.25, -0.2) is 4.98 Å². The van der Waals surface area contributed by atoms with Crippen molar-refractivity contribution in [3.63, 3.8) is 0 Å². The van der Waals surface area contributed by atoms with Gasteiger partial charge in [0.25, 0.3) is 0 Å². The van der Waals surface area contributed by atoms with Crippen molar-refractivity contribution in [1.29, 1.82) is 0 Å². The van der Waals surface area contributed by atoms with Crippen molar-refractivity contribution in [1.82, 2.24) is 24.8 Å². The Kier molecular flexibility index (Phi) is 7.70. The summed E-state index contributed by atoms with van der Waals surface area (Å²) in [5.74, 6) is 0.976. The Balaban J connectivity index is 1.21. The van der Waals surface area contributed by atoms with Crippen molar-refractivity contribution in [3.8, 4) is 0 Å². The van der Waals surface area contributed by atoms with Gasteiger partial charge in [0.15, 0.2) is 0 Å². The molecule has 2 saturated heterocycles. The van der Waals surface area contributed by atoms with E-state index in [9.17, 15) is 0 Å². The smallest absolute Gasteiger partial charge is 0.148 e. The first-order valence-electron chi connectivity index (χ1n) is 14.3. The Morgan fingerprint density at radius 2 is 1.46 bits per heavy atom. The highest BCUT2D eigenvalue weighted by molar-refractivity contribution is 5.75. The molecule has 0 radical (unpaired) electrons. The standard InChI is InChI=1S/C32H39N7/c1-36-19-13-28(14-20-36)38-21-15-29(16-22-38)39(32-23-34-30-5-3-4-6-31(30)35-32)24-25-7-9-26(10-8-25)37(2)27-11-17-33-18-12-27/h3-12,17-18,23,28-29H,13-16,19-22,24H2,1-2H3. The third-order valence-electron chi connectivity index (χ3n) is 8.60. The van der Waals surface area contributed by atoms with E-state index in [0.29, 0.717) is 6.04 Å². The Bertz CT molecular complexity index is 1340. The number of pyridine rings is 1. The molecule has 2 aliphatic rings. The van der Waals surface area contributed by atoms with Gasteiger partial charge in [-0.05, 0) is 87.8 Å². The quantitative estimate of drug-likeness (QED) is 0.325. The van der Waals surface area contributed by atoms with E-state index in [1.807, 2.05) is 48.9 Å². The van der Waals surface area contributed by atoms with Crippen LogP contribution in [-0.2, 0) is 6.54 Å². The molecule has 0 amide bonds. The molecule has 2 aromatic heterocycles. The molecule has 4 aromatic rings. The Hall–Kier alpha value is -3.55. The second kappa shape index (κ2) is 11.7. The molecular formula is C32H39N7. The fourth-order valence-corrected chi connectivity index (χ4v) is 6.14. The summed E-state index contributed by atoms with van der Waals surface area (Å²) in [6.45, 7) is 5.58. The van der Waals surface area contributed by atoms with Crippen molar-refractivity contribution in [2.24, 2.45) is 0 Å². The molecule has 7 heteroatoms. The van der Waals surface area contributed by atoms with Crippen molar-refractivity contribution in [2.45, 2.75) is 44.3 Å². The minimum atomic E-state index is 0.446. The summed E-state index contributed by atoms with van der Waals surface area (Å²) in [5, 5.41) is 0. The number of hydrogen-bond acceptors (Lipinski definition) is 7. The van der Waals surface area contributed by atoms with Crippen LogP contribution in [0.4, 0.5) is 17.2 Å². The molecule has 0 unspecified atom stereocenters. The molecule has 2 aromatic carbocycles. The average molecular weight is 522 g/mol. The molecule has 4 heterocycles. The fraction of sp³-hybridized carbons (Fsp3) is 0.406. The van der Waals surface area contributed by atoms with Crippen LogP contribution in [0, 0.1) is 0 Å². The third-order valence-corrected chi connectivity index (χ3v) is 8.60. The molecule has 7 nitrogen and oxygen atoms in total. The van der Waals surface area contributed by atoms with E-state index in [4.69, 9.17) is 9.97 Å². The lowest BCUT2D eigenvalue weighted by atomic mass is 9.97. The van der Waals surface area contributed by atoms with Gasteiger partial charge >= 0.3 is 0 Å². The van der Waals surface area contributed by atoms with Gasteiger partial charge in [0, 0.05) is 62.5 Å². The molecule has 0 spiro atoms. The third kappa shape index (κ3) is 5.89. The summed E-state index contributed by atoms with van der Waals surface area (Å²) in [6, 6.07) is 22.3. The highest BCUT2D eigenvalue weighted by atomic mass is 15.3. The second-order valence-corrected chi connectivity index (χ2v) is 11.1. The van der Waals surface area contributed by atoms with Crippen LogP contribution in [0.3, 0.4) is 0 Å². The molecule has 0 bridgehead atoms. The number of nitrogens with zero attached hydrogens (tertiary/aromatic N) is 7. The number of fused-ring (bicyclic) bond motifs is 1. The van der Waals surface area contributed by atoms with E-state index in [1.165, 1.54) is 31.5 Å². The lowest BCUT2D eigenvalue weighted by molar-refractivity contribution is 0.0958. The molecule has 0 aliphatic carbocycles. The molecule has 0 N–H and O–H groups in total. The maximum atomic E-state index is 5.08. The van der Waals surface area contributed by atoms with Crippen LogP contribution >= 0.6 is 0 Å². The van der Waals surface area contributed by atoms with Gasteiger partial charge < -0.3 is 19.6 Å². The highest BCUT2D eigenvalue weighted by Crippen LogP contribution is 2.29. The van der Waals surface area contributed by atoms with Gasteiger partial charge in [0.1, 0.15) is 5.82 Å². The number of benzene rings is 2. The molecule has 6 rings (SSSR count). The van der Waals surface area contributed by atoms with Crippen LogP contribution in [-0.4, -0.2) is 77.1 Å². The van der Waals surface area contributed by atoms with E-state index in [2.05, 4.69) is 69.0 Å². The first-order valence-corrected chi connectivity index (χ1v) is 14.3. The van der Waals surface area contributed by atoms with Crippen LogP contribution in [0.1, 0.15) is 31.2 Å². The van der Waals surface area contributed by atoms with Gasteiger partial charge in [-0.2, -0.15) is 0 Å². The topological polar surface area (TPSA) is 51.6 Å². The lowest BCUT2D eigenvalue weighted by Gasteiger charge is -2.44. The van der Waals surface area contributed by atoms with E-state index < -0.39 is 0 Å². The maximum absolute atomic E-state index is 5.08. The minimum absolute atomic E-state index is 0.446. The van der Waals surface area contributed by atoms with Crippen LogP contribution in [0.25, 0.3) is 11.0 Å². The summed E-state index contributed by atoms with van der Waals surface area (Å²) >= 11 is 0. The van der Waals surface area contributed by atoms with Crippen LogP contribution in [0.5, 0.6) is 0 Å². The van der Waals surface area contributed by atoms with Gasteiger partial charge in [-0.3, -0.25) is 9.97 Å². The number of para-hydroxylation sites is 2. The predicted molar refractivity (Wildman–Crippen MR) is 160 cm³/mol. The average Bonchev–Trinajstić information content (AvgIpc) is 3.00. The van der Waals surface area contributed by atoms with Gasteiger partial charge in [0.05, 0.1) is 17.2 Å². The number of likely N-dealkylation sites (tertiary alicyclic amines) is 2. The van der Waals surface area contributed by atoms with Crippen molar-refractivity contribution in [2.75, 3.05) is 50.1 Å². The molecule has 202 valence electrons. The largest absolute Gasteiger partial charge is 0.348 e. The predicted octanol–water partition coefficient (Wildman–Crippen LogP) is 5.36. The molecule has 0 atom stereocenters. The van der Waals surface area contributed by atoms with E-state index in [0.717, 1.165) is 66.7 Å². The Morgan fingerprint density at radius 3 is 2.18 bits per heavy atom. The van der Waals surface area contributed by atoms with E-state index in [-0.39, 0.29) is 0 Å². The van der Waals surface area contributed by atoms with Gasteiger partial charge in [-0.15, -0.1) is 0 Å². The zero-order valence-electron chi connectivity index (χ0n) is 23.2. The Morgan fingerprint density at radius 1 is 0.795 bits per heavy atom. The second-order valence-electron chi connectivity index (χ2n) is 11.1. The number of piperidine rings is 2. The minimum Gasteiger partial charge on any atom is -0.348 e. The first-order chi connectivity index (χ1) is 19.1. The first kappa shape index (κ1) is 25.7. The normalized spacial score (nSPS) is 17.9. The summed E-state index contributed by atoms with van der Waals surface area (Å²) in [7, 11) is 4.34. The molecule has 2 aliphatic heterocycles. The lowest BCUT2D eigenvalue weighted by Crippen LogP contribution is -2.50. The monoisotopic (exact) mass is 521 g/mol. The SMILES string of the molecule is CN1CCC(N2CCC(N(Cc3ccc(N(C)c4ccncc4)cc3)c3cnc4ccccc4n3)CC2)CC1. The zero-order valence-corrected chi connectivity index (χ0v) is 23.2. The molecule has 39 heavy (non-hydrogen) atoms. The van der Waals surface area contributed by atoms with Gasteiger partial charge in [-0.1, -0.05) is 24.3 Å². The van der Waals surface area contributed by atoms with Crippen LogP contribution < -0.4 is 9.80 Å². The van der Waals surface area contributed by atoms with Crippen molar-refractivity contribution >= 4 is 28.2 Å².